The molecule has 19 aromatic carbocycles. The lowest BCUT2D eigenvalue weighted by molar-refractivity contribution is 0.660. The van der Waals surface area contributed by atoms with Gasteiger partial charge in [-0.3, -0.25) is 0 Å². The van der Waals surface area contributed by atoms with Crippen LogP contribution in [0, 0.1) is 0 Å². The van der Waals surface area contributed by atoms with Crippen molar-refractivity contribution in [2.45, 2.75) is 77.0 Å². The van der Waals surface area contributed by atoms with Crippen molar-refractivity contribution in [3.63, 3.8) is 0 Å². The standard InChI is InChI=1S/C49H37N3.2C40H29N3/c1-48(2)39-23-12-10-21-36(39)37-26-25-34(29-41(37)48)47-51-45(30-15-6-5-7-16-30)50-46(52-47)33-19-14-18-32(27-33)43-35-20-9-8-17-31(35)28-42-44(43)38-22-11-13-24-40(38)49(42,3)4;1-40(2)34-23-12-11-22-32(34)36-31-21-10-9-20-30(31)33(25-35(36)40)28-18-13-19-29(24-28)39-42-37(26-14-5-3-6-15-26)41-38(43-39)27-16-7-4-8-17-27;1-40(2)33-20-12-11-19-32(33)35-34(40)25-30-17-9-10-18-31(30)36(35)39-42-37(28-15-7-4-8-16-28)41-38(43-39)29-23-21-27(22-24-29)26-13-5-3-6-14-26/h5-29H,1-4H3;2*3-25H,1-2H3. The molecule has 0 unspecified atom stereocenters. The van der Waals surface area contributed by atoms with E-state index in [1.807, 2.05) is 103 Å². The van der Waals surface area contributed by atoms with Crippen LogP contribution in [0.2, 0.25) is 0 Å². The molecule has 3 heterocycles. The van der Waals surface area contributed by atoms with E-state index in [2.05, 4.69) is 383 Å². The SMILES string of the molecule is CC1(C)c2ccccc2-c2c1cc(-c1cccc(-c3nc(-c4ccccc4)nc(-c4ccccc4)n3)c1)c1ccccc21.CC1(C)c2ccccc2-c2c1cc1ccccc1c2-c1nc(-c2ccccc2)nc(-c2ccc(-c3ccccc3)cc2)n1.CC1(C)c2ccccc2-c2ccc(-c3nc(-c4ccccc4)nc(-c4cccc(-c5c6c(cc7ccccc57)C(C)(C)c5ccccc5-6)c4)n3)cc21. The van der Waals surface area contributed by atoms with Crippen LogP contribution < -0.4 is 0 Å². The monoisotopic (exact) mass is 1770 g/mol. The summed E-state index contributed by atoms with van der Waals surface area (Å²) in [5, 5.41) is 7.36. The Morgan fingerprint density at radius 1 is 0.130 bits per heavy atom. The first-order valence-corrected chi connectivity index (χ1v) is 47.6. The van der Waals surface area contributed by atoms with E-state index < -0.39 is 0 Å². The maximum Gasteiger partial charge on any atom is 0.165 e. The van der Waals surface area contributed by atoms with Crippen molar-refractivity contribution in [3.8, 4) is 180 Å². The Kier molecular flexibility index (Phi) is 20.4. The number of nitrogens with zero attached hydrogens (tertiary/aromatic N) is 9. The second-order valence-corrected chi connectivity index (χ2v) is 38.6. The van der Waals surface area contributed by atoms with E-state index in [4.69, 9.17) is 44.9 Å². The maximum atomic E-state index is 5.23. The highest BCUT2D eigenvalue weighted by molar-refractivity contribution is 6.12. The Labute approximate surface area is 804 Å². The van der Waals surface area contributed by atoms with Gasteiger partial charge in [-0.2, -0.15) is 0 Å². The highest BCUT2D eigenvalue weighted by Gasteiger charge is 2.42. The molecule has 0 aliphatic heterocycles. The van der Waals surface area contributed by atoms with Crippen LogP contribution in [0.15, 0.2) is 431 Å². The van der Waals surface area contributed by atoms with Crippen molar-refractivity contribution in [3.05, 3.63) is 475 Å². The smallest absolute Gasteiger partial charge is 0.165 e. The molecule has 26 rings (SSSR count). The molecule has 22 aromatic rings. The predicted molar refractivity (Wildman–Crippen MR) is 567 cm³/mol. The van der Waals surface area contributed by atoms with Gasteiger partial charge in [0, 0.05) is 71.7 Å². The third-order valence-corrected chi connectivity index (χ3v) is 29.0. The summed E-state index contributed by atoms with van der Waals surface area (Å²) in [5.74, 6) is 6.00. The van der Waals surface area contributed by atoms with Crippen LogP contribution in [0.25, 0.3) is 213 Å². The van der Waals surface area contributed by atoms with Crippen LogP contribution in [0.1, 0.15) is 99.9 Å². The molecular weight excluding hydrogens is 1680 g/mol. The first-order valence-electron chi connectivity index (χ1n) is 47.6. The fraction of sp³-hybridized carbons (Fsp3) is 0.0930. The maximum absolute atomic E-state index is 5.23. The van der Waals surface area contributed by atoms with Gasteiger partial charge in [0.2, 0.25) is 0 Å². The normalized spacial score (nSPS) is 13.6. The molecule has 0 spiro atoms. The minimum atomic E-state index is -0.143. The lowest BCUT2D eigenvalue weighted by Gasteiger charge is -2.23. The molecular formula is C129H95N9. The van der Waals surface area contributed by atoms with Gasteiger partial charge in [-0.05, 0) is 191 Å². The molecule has 9 heteroatoms. The fourth-order valence-electron chi connectivity index (χ4n) is 21.9. The van der Waals surface area contributed by atoms with Gasteiger partial charge in [0.05, 0.1) is 0 Å². The van der Waals surface area contributed by atoms with Gasteiger partial charge in [-0.15, -0.1) is 0 Å². The molecule has 0 radical (unpaired) electrons. The molecule has 0 atom stereocenters. The Morgan fingerprint density at radius 2 is 0.399 bits per heavy atom. The Balaban J connectivity index is 0.000000113. The second kappa shape index (κ2) is 33.6. The van der Waals surface area contributed by atoms with E-state index in [0.717, 1.165) is 72.1 Å². The van der Waals surface area contributed by atoms with E-state index in [1.165, 1.54) is 133 Å². The summed E-state index contributed by atoms with van der Waals surface area (Å²) in [7, 11) is 0. The minimum Gasteiger partial charge on any atom is -0.208 e. The zero-order valence-corrected chi connectivity index (χ0v) is 78.0. The number of aromatic nitrogens is 9. The Bertz CT molecular complexity index is 8550. The van der Waals surface area contributed by atoms with Crippen molar-refractivity contribution in [1.82, 2.24) is 44.9 Å². The van der Waals surface area contributed by atoms with Crippen molar-refractivity contribution >= 4 is 32.3 Å². The van der Waals surface area contributed by atoms with Gasteiger partial charge in [-0.1, -0.05) is 450 Å². The van der Waals surface area contributed by atoms with Crippen LogP contribution in [-0.4, -0.2) is 44.9 Å². The topological polar surface area (TPSA) is 116 Å². The highest BCUT2D eigenvalue weighted by Crippen LogP contribution is 2.59. The summed E-state index contributed by atoms with van der Waals surface area (Å²) >= 11 is 0. The molecule has 4 aliphatic carbocycles. The zero-order chi connectivity index (χ0) is 93.1. The van der Waals surface area contributed by atoms with Crippen LogP contribution in [0.3, 0.4) is 0 Å². The fourth-order valence-corrected chi connectivity index (χ4v) is 21.9. The van der Waals surface area contributed by atoms with E-state index in [1.54, 1.807) is 0 Å². The van der Waals surface area contributed by atoms with E-state index in [0.29, 0.717) is 52.4 Å². The molecule has 0 saturated carbocycles. The highest BCUT2D eigenvalue weighted by atomic mass is 15.1. The first-order chi connectivity index (χ1) is 67.4. The minimum absolute atomic E-state index is 0.0916. The Morgan fingerprint density at radius 3 is 0.855 bits per heavy atom. The van der Waals surface area contributed by atoms with Crippen LogP contribution >= 0.6 is 0 Å². The molecule has 3 aromatic heterocycles. The molecule has 0 bridgehead atoms. The largest absolute Gasteiger partial charge is 0.208 e. The summed E-state index contributed by atoms with van der Waals surface area (Å²) in [5.41, 5.74) is 36.6. The molecule has 138 heavy (non-hydrogen) atoms. The van der Waals surface area contributed by atoms with Crippen molar-refractivity contribution in [2.75, 3.05) is 0 Å². The molecule has 0 saturated heterocycles. The summed E-state index contributed by atoms with van der Waals surface area (Å²) in [6.45, 7) is 18.6. The summed E-state index contributed by atoms with van der Waals surface area (Å²) in [6, 6.07) is 152. The third kappa shape index (κ3) is 14.4. The average Bonchev–Trinajstić information content (AvgIpc) is 1.56. The molecule has 0 fully saturated rings. The number of fused-ring (bicyclic) bond motifs is 16. The zero-order valence-electron chi connectivity index (χ0n) is 78.0. The quantitative estimate of drug-likeness (QED) is 0.118. The second-order valence-electron chi connectivity index (χ2n) is 38.6. The molecule has 4 aliphatic rings. The Hall–Kier alpha value is -17.0. The summed E-state index contributed by atoms with van der Waals surface area (Å²) < 4.78 is 0. The van der Waals surface area contributed by atoms with Crippen molar-refractivity contribution in [2.24, 2.45) is 0 Å². The van der Waals surface area contributed by atoms with Gasteiger partial charge in [0.25, 0.3) is 0 Å². The number of benzene rings is 19. The van der Waals surface area contributed by atoms with Gasteiger partial charge >= 0.3 is 0 Å². The number of hydrogen-bond acceptors (Lipinski definition) is 9. The van der Waals surface area contributed by atoms with E-state index >= 15 is 0 Å². The van der Waals surface area contributed by atoms with Crippen LogP contribution in [0.5, 0.6) is 0 Å². The summed E-state index contributed by atoms with van der Waals surface area (Å²) in [4.78, 5) is 45.8. The number of hydrogen-bond donors (Lipinski definition) is 0. The molecule has 0 N–H and O–H groups in total. The van der Waals surface area contributed by atoms with E-state index in [-0.39, 0.29) is 21.7 Å². The van der Waals surface area contributed by atoms with Gasteiger partial charge in [-0.25, -0.2) is 44.9 Å². The van der Waals surface area contributed by atoms with Crippen LogP contribution in [-0.2, 0) is 21.7 Å². The number of rotatable bonds is 12. The van der Waals surface area contributed by atoms with Crippen LogP contribution in [0.4, 0.5) is 0 Å². The van der Waals surface area contributed by atoms with Gasteiger partial charge in [0.1, 0.15) is 0 Å². The lowest BCUT2D eigenvalue weighted by Crippen LogP contribution is -2.15. The van der Waals surface area contributed by atoms with E-state index in [9.17, 15) is 0 Å². The van der Waals surface area contributed by atoms with Gasteiger partial charge in [0.15, 0.2) is 52.4 Å². The van der Waals surface area contributed by atoms with Crippen molar-refractivity contribution in [1.29, 1.82) is 0 Å². The van der Waals surface area contributed by atoms with Gasteiger partial charge < -0.3 is 0 Å². The average molecular weight is 1770 g/mol. The lowest BCUT2D eigenvalue weighted by atomic mass is 9.80. The molecule has 9 nitrogen and oxygen atoms in total. The third-order valence-electron chi connectivity index (χ3n) is 29.0. The molecule has 656 valence electrons. The summed E-state index contributed by atoms with van der Waals surface area (Å²) in [6.07, 6.45) is 0. The predicted octanol–water partition coefficient (Wildman–Crippen LogP) is 32.3. The molecule has 0 amide bonds. The van der Waals surface area contributed by atoms with Crippen molar-refractivity contribution < 1.29 is 0 Å². The first kappa shape index (κ1) is 84.0.